The van der Waals surface area contributed by atoms with Crippen LogP contribution in [0.2, 0.25) is 0 Å². The normalized spacial score (nSPS) is 18.6. The lowest BCUT2D eigenvalue weighted by atomic mass is 10.1. The van der Waals surface area contributed by atoms with Crippen molar-refractivity contribution in [2.24, 2.45) is 5.73 Å². The average Bonchev–Trinajstić information content (AvgIpc) is 2.74. The third kappa shape index (κ3) is 2.39. The van der Waals surface area contributed by atoms with Gasteiger partial charge in [-0.25, -0.2) is 4.39 Å². The number of likely N-dealkylation sites (tertiary alicyclic amines) is 1. The summed E-state index contributed by atoms with van der Waals surface area (Å²) in [5.74, 6) is -0.230. The smallest absolute Gasteiger partial charge is 0.123 e. The monoisotopic (exact) mass is 238 g/mol. The first kappa shape index (κ1) is 11.5. The van der Waals surface area contributed by atoms with Crippen LogP contribution in [0.25, 0.3) is 0 Å². The molecular weight excluding hydrogens is 223 g/mol. The summed E-state index contributed by atoms with van der Waals surface area (Å²) in [4.78, 5) is 2.73. The van der Waals surface area contributed by atoms with Crippen LogP contribution in [0.3, 0.4) is 0 Å². The molecule has 86 valence electrons. The second kappa shape index (κ2) is 4.89. The molecule has 1 aliphatic rings. The van der Waals surface area contributed by atoms with E-state index in [0.29, 0.717) is 4.99 Å². The molecule has 1 aromatic carbocycles. The molecule has 16 heavy (non-hydrogen) atoms. The van der Waals surface area contributed by atoms with Crippen LogP contribution < -0.4 is 5.73 Å². The fraction of sp³-hybridized carbons (Fsp3) is 0.417. The van der Waals surface area contributed by atoms with E-state index in [-0.39, 0.29) is 11.9 Å². The Balaban J connectivity index is 2.24. The van der Waals surface area contributed by atoms with Crippen molar-refractivity contribution in [3.8, 4) is 0 Å². The van der Waals surface area contributed by atoms with Crippen molar-refractivity contribution >= 4 is 17.2 Å². The van der Waals surface area contributed by atoms with E-state index in [1.807, 2.05) is 0 Å². The van der Waals surface area contributed by atoms with E-state index in [9.17, 15) is 4.39 Å². The van der Waals surface area contributed by atoms with E-state index in [4.69, 9.17) is 18.0 Å². The van der Waals surface area contributed by atoms with Gasteiger partial charge < -0.3 is 5.73 Å². The first-order valence-corrected chi connectivity index (χ1v) is 5.88. The molecule has 0 aromatic heterocycles. The largest absolute Gasteiger partial charge is 0.392 e. The predicted octanol–water partition coefficient (Wildman–Crippen LogP) is 2.25. The highest BCUT2D eigenvalue weighted by molar-refractivity contribution is 7.80. The SMILES string of the molecule is NC(=S)C(c1ccc(F)cc1)N1CCCC1. The maximum atomic E-state index is 12.9. The highest BCUT2D eigenvalue weighted by atomic mass is 32.1. The van der Waals surface area contributed by atoms with Gasteiger partial charge in [-0.15, -0.1) is 0 Å². The Kier molecular flexibility index (Phi) is 3.51. The van der Waals surface area contributed by atoms with Crippen LogP contribution in [0.4, 0.5) is 4.39 Å². The maximum absolute atomic E-state index is 12.9. The summed E-state index contributed by atoms with van der Waals surface area (Å²) in [6, 6.07) is 6.39. The maximum Gasteiger partial charge on any atom is 0.123 e. The van der Waals surface area contributed by atoms with Gasteiger partial charge in [0, 0.05) is 0 Å². The van der Waals surface area contributed by atoms with Crippen LogP contribution in [0.5, 0.6) is 0 Å². The first-order chi connectivity index (χ1) is 7.68. The Morgan fingerprint density at radius 1 is 1.25 bits per heavy atom. The number of benzene rings is 1. The third-order valence-electron chi connectivity index (χ3n) is 2.96. The Hall–Kier alpha value is -1.00. The lowest BCUT2D eigenvalue weighted by molar-refractivity contribution is 0.305. The predicted molar refractivity (Wildman–Crippen MR) is 66.7 cm³/mol. The number of nitrogens with zero attached hydrogens (tertiary/aromatic N) is 1. The molecule has 2 N–H and O–H groups in total. The molecule has 2 rings (SSSR count). The number of halogens is 1. The molecule has 0 radical (unpaired) electrons. The summed E-state index contributed by atoms with van der Waals surface area (Å²) in [6.45, 7) is 2.03. The van der Waals surface area contributed by atoms with Crippen molar-refractivity contribution in [1.82, 2.24) is 4.90 Å². The van der Waals surface area contributed by atoms with Crippen LogP contribution in [-0.4, -0.2) is 23.0 Å². The molecule has 4 heteroatoms. The Morgan fingerprint density at radius 3 is 2.31 bits per heavy atom. The van der Waals surface area contributed by atoms with Crippen molar-refractivity contribution in [2.75, 3.05) is 13.1 Å². The van der Waals surface area contributed by atoms with E-state index in [1.165, 1.54) is 25.0 Å². The zero-order valence-electron chi connectivity index (χ0n) is 9.03. The summed E-state index contributed by atoms with van der Waals surface area (Å²) >= 11 is 5.11. The molecule has 1 aromatic rings. The summed E-state index contributed by atoms with van der Waals surface area (Å²) < 4.78 is 12.9. The average molecular weight is 238 g/mol. The van der Waals surface area contributed by atoms with Gasteiger partial charge >= 0.3 is 0 Å². The molecule has 1 unspecified atom stereocenters. The van der Waals surface area contributed by atoms with Crippen molar-refractivity contribution in [2.45, 2.75) is 18.9 Å². The summed E-state index contributed by atoms with van der Waals surface area (Å²) in [7, 11) is 0. The van der Waals surface area contributed by atoms with Crippen molar-refractivity contribution in [3.63, 3.8) is 0 Å². The first-order valence-electron chi connectivity index (χ1n) is 5.47. The second-order valence-corrected chi connectivity index (χ2v) is 4.57. The molecular formula is C12H15FN2S. The van der Waals surface area contributed by atoms with E-state index in [0.717, 1.165) is 18.7 Å². The topological polar surface area (TPSA) is 29.3 Å². The van der Waals surface area contributed by atoms with E-state index < -0.39 is 0 Å². The van der Waals surface area contributed by atoms with Crippen molar-refractivity contribution < 1.29 is 4.39 Å². The number of rotatable bonds is 3. The zero-order valence-corrected chi connectivity index (χ0v) is 9.84. The molecule has 1 atom stereocenters. The molecule has 0 spiro atoms. The van der Waals surface area contributed by atoms with Gasteiger partial charge in [-0.05, 0) is 43.6 Å². The highest BCUT2D eigenvalue weighted by Gasteiger charge is 2.25. The summed E-state index contributed by atoms with van der Waals surface area (Å²) in [5, 5.41) is 0. The van der Waals surface area contributed by atoms with Crippen molar-refractivity contribution in [3.05, 3.63) is 35.6 Å². The molecule has 0 saturated carbocycles. The molecule has 1 heterocycles. The summed E-state index contributed by atoms with van der Waals surface area (Å²) in [5.41, 5.74) is 6.76. The van der Waals surface area contributed by atoms with Crippen LogP contribution in [-0.2, 0) is 0 Å². The second-order valence-electron chi connectivity index (χ2n) is 4.10. The van der Waals surface area contributed by atoms with E-state index in [1.54, 1.807) is 12.1 Å². The molecule has 0 aliphatic carbocycles. The number of nitrogens with two attached hydrogens (primary N) is 1. The lowest BCUT2D eigenvalue weighted by Crippen LogP contribution is -2.34. The van der Waals surface area contributed by atoms with Gasteiger partial charge in [-0.1, -0.05) is 24.4 Å². The van der Waals surface area contributed by atoms with Crippen LogP contribution in [0.15, 0.2) is 24.3 Å². The molecule has 1 fully saturated rings. The lowest BCUT2D eigenvalue weighted by Gasteiger charge is -2.26. The van der Waals surface area contributed by atoms with Gasteiger partial charge in [-0.2, -0.15) is 0 Å². The molecule has 0 amide bonds. The number of hydrogen-bond acceptors (Lipinski definition) is 2. The Labute approximate surface area is 100 Å². The minimum Gasteiger partial charge on any atom is -0.392 e. The quantitative estimate of drug-likeness (QED) is 0.819. The van der Waals surface area contributed by atoms with Gasteiger partial charge in [0.25, 0.3) is 0 Å². The van der Waals surface area contributed by atoms with E-state index >= 15 is 0 Å². The van der Waals surface area contributed by atoms with Crippen LogP contribution in [0, 0.1) is 5.82 Å². The Bertz CT molecular complexity index is 371. The fourth-order valence-corrected chi connectivity index (χ4v) is 2.49. The minimum atomic E-state index is -0.230. The number of thiocarbonyl (C=S) groups is 1. The van der Waals surface area contributed by atoms with Crippen molar-refractivity contribution in [1.29, 1.82) is 0 Å². The van der Waals surface area contributed by atoms with E-state index in [2.05, 4.69) is 4.90 Å². The molecule has 1 saturated heterocycles. The fourth-order valence-electron chi connectivity index (χ4n) is 2.20. The summed E-state index contributed by atoms with van der Waals surface area (Å²) in [6.07, 6.45) is 2.36. The van der Waals surface area contributed by atoms with Gasteiger partial charge in [0.05, 0.1) is 11.0 Å². The highest BCUT2D eigenvalue weighted by Crippen LogP contribution is 2.25. The third-order valence-corrected chi connectivity index (χ3v) is 3.18. The van der Waals surface area contributed by atoms with Gasteiger partial charge in [0.15, 0.2) is 0 Å². The molecule has 2 nitrogen and oxygen atoms in total. The van der Waals surface area contributed by atoms with Gasteiger partial charge in [0.2, 0.25) is 0 Å². The minimum absolute atomic E-state index is 0.0434. The van der Waals surface area contributed by atoms with Gasteiger partial charge in [-0.3, -0.25) is 4.90 Å². The Morgan fingerprint density at radius 2 is 1.81 bits per heavy atom. The van der Waals surface area contributed by atoms with Crippen LogP contribution >= 0.6 is 12.2 Å². The number of hydrogen-bond donors (Lipinski definition) is 1. The van der Waals surface area contributed by atoms with Crippen LogP contribution in [0.1, 0.15) is 24.4 Å². The van der Waals surface area contributed by atoms with Gasteiger partial charge in [0.1, 0.15) is 5.82 Å². The molecule has 0 bridgehead atoms. The standard InChI is InChI=1S/C12H15FN2S/c13-10-5-3-9(4-6-10)11(12(14)16)15-7-1-2-8-15/h3-6,11H,1-2,7-8H2,(H2,14,16). The zero-order chi connectivity index (χ0) is 11.5. The molecule has 1 aliphatic heterocycles.